The fourth-order valence-electron chi connectivity index (χ4n) is 2.35. The van der Waals surface area contributed by atoms with E-state index in [-0.39, 0.29) is 5.52 Å². The number of aryl methyl sites for hydroxylation is 1. The molecule has 0 saturated carbocycles. The van der Waals surface area contributed by atoms with E-state index in [0.717, 1.165) is 17.7 Å². The molecule has 1 heterocycles. The number of halogens is 3. The van der Waals surface area contributed by atoms with Crippen LogP contribution in [0.1, 0.15) is 16.1 Å². The molecule has 1 aromatic heterocycles. The number of nitrogens with zero attached hydrogens (tertiary/aromatic N) is 1. The predicted octanol–water partition coefficient (Wildman–Crippen LogP) is 0.424. The molecule has 24 heavy (non-hydrogen) atoms. The van der Waals surface area contributed by atoms with Gasteiger partial charge in [-0.05, 0) is 18.2 Å². The zero-order chi connectivity index (χ0) is 18.4. The van der Waals surface area contributed by atoms with E-state index in [1.54, 1.807) is 5.32 Å². The van der Waals surface area contributed by atoms with Crippen LogP contribution in [-0.4, -0.2) is 26.2 Å². The highest BCUT2D eigenvalue weighted by atomic mass is 31.2. The van der Waals surface area contributed by atoms with Crippen molar-refractivity contribution in [3.63, 3.8) is 0 Å². The number of amides is 1. The van der Waals surface area contributed by atoms with Gasteiger partial charge in [-0.2, -0.15) is 13.2 Å². The van der Waals surface area contributed by atoms with Gasteiger partial charge in [0.05, 0.1) is 11.1 Å². The second kappa shape index (κ2) is 5.62. The normalized spacial score (nSPS) is 12.4. The zero-order valence-corrected chi connectivity index (χ0v) is 12.9. The molecule has 0 spiro atoms. The maximum Gasteiger partial charge on any atom is 0.417 e. The third-order valence-electron chi connectivity index (χ3n) is 3.19. The van der Waals surface area contributed by atoms with Crippen LogP contribution in [0.15, 0.2) is 12.1 Å². The molecular formula is C12H11F3N4O4P. The number of hydrogen-bond acceptors (Lipinski definition) is 3. The first-order valence-electron chi connectivity index (χ1n) is 6.17. The first-order valence-corrected chi connectivity index (χ1v) is 7.78. The first kappa shape index (κ1) is 18.0. The van der Waals surface area contributed by atoms with Gasteiger partial charge in [-0.15, -0.1) is 0 Å². The van der Waals surface area contributed by atoms with Gasteiger partial charge in [-0.25, -0.2) is 0 Å². The Bertz CT molecular complexity index is 900. The number of nitrogens with one attached hydrogen (secondary N) is 2. The highest BCUT2D eigenvalue weighted by Gasteiger charge is 2.40. The summed E-state index contributed by atoms with van der Waals surface area (Å²) < 4.78 is 52.3. The van der Waals surface area contributed by atoms with Gasteiger partial charge in [-0.3, -0.25) is 20.1 Å². The molecule has 12 heteroatoms. The number of guanidine groups is 1. The van der Waals surface area contributed by atoms with Gasteiger partial charge in [-0.1, -0.05) is 0 Å². The minimum atomic E-state index is -5.28. The van der Waals surface area contributed by atoms with Crippen LogP contribution in [0.3, 0.4) is 0 Å². The van der Waals surface area contributed by atoms with Crippen molar-refractivity contribution in [1.29, 1.82) is 5.41 Å². The van der Waals surface area contributed by atoms with Crippen molar-refractivity contribution in [1.82, 2.24) is 9.88 Å². The van der Waals surface area contributed by atoms with Crippen LogP contribution in [-0.2, 0) is 17.8 Å². The van der Waals surface area contributed by atoms with Crippen molar-refractivity contribution >= 4 is 35.7 Å². The molecule has 2 rings (SSSR count). The average molecular weight is 363 g/mol. The van der Waals surface area contributed by atoms with E-state index < -0.39 is 47.6 Å². The molecule has 8 nitrogen and oxygen atoms in total. The van der Waals surface area contributed by atoms with Crippen LogP contribution in [0.25, 0.3) is 10.9 Å². The molecule has 6 N–H and O–H groups in total. The van der Waals surface area contributed by atoms with E-state index >= 15 is 0 Å². The zero-order valence-electron chi connectivity index (χ0n) is 12.0. The number of carbonyl (C=O) groups is 1. The molecular weight excluding hydrogens is 352 g/mol. The second-order valence-corrected chi connectivity index (χ2v) is 6.33. The molecule has 1 amide bonds. The Kier molecular flexibility index (Phi) is 4.21. The van der Waals surface area contributed by atoms with E-state index in [1.807, 2.05) is 0 Å². The monoisotopic (exact) mass is 363 g/mol. The summed E-state index contributed by atoms with van der Waals surface area (Å²) in [5.41, 5.74) is 2.68. The quantitative estimate of drug-likeness (QED) is 0.299. The molecule has 0 atom stereocenters. The van der Waals surface area contributed by atoms with Gasteiger partial charge in [0.2, 0.25) is 0 Å². The van der Waals surface area contributed by atoms with Crippen LogP contribution >= 0.6 is 7.60 Å². The van der Waals surface area contributed by atoms with Gasteiger partial charge < -0.3 is 20.1 Å². The van der Waals surface area contributed by atoms with Crippen LogP contribution in [0.2, 0.25) is 0 Å². The molecule has 1 aromatic carbocycles. The van der Waals surface area contributed by atoms with Gasteiger partial charge >= 0.3 is 13.8 Å². The molecule has 129 valence electrons. The second-order valence-electron chi connectivity index (χ2n) is 4.80. The van der Waals surface area contributed by atoms with Crippen LogP contribution in [0, 0.1) is 11.5 Å². The fraction of sp³-hybridized carbons (Fsp3) is 0.167. The summed E-state index contributed by atoms with van der Waals surface area (Å²) in [7, 11) is -4.12. The minimum absolute atomic E-state index is 0.253. The number of aromatic nitrogens is 1. The molecule has 0 aliphatic carbocycles. The average Bonchev–Trinajstić information content (AvgIpc) is 2.70. The lowest BCUT2D eigenvalue weighted by Crippen LogP contribution is -2.38. The summed E-state index contributed by atoms with van der Waals surface area (Å²) >= 11 is 0. The van der Waals surface area contributed by atoms with Crippen molar-refractivity contribution in [2.45, 2.75) is 6.18 Å². The van der Waals surface area contributed by atoms with E-state index in [4.69, 9.17) is 11.1 Å². The van der Waals surface area contributed by atoms with Crippen molar-refractivity contribution in [3.8, 4) is 0 Å². The van der Waals surface area contributed by atoms with E-state index in [1.165, 1.54) is 0 Å². The number of alkyl halides is 3. The predicted molar refractivity (Wildman–Crippen MR) is 77.8 cm³/mol. The summed E-state index contributed by atoms with van der Waals surface area (Å²) in [6.45, 7) is 0. The Labute approximate surface area is 132 Å². The third kappa shape index (κ3) is 3.01. The SMILES string of the molecule is Cn1c(C(=O)NC(=N)N)c(P(=O)(O)O)c2c(C(F)(F)F)c[c]cc21. The van der Waals surface area contributed by atoms with Crippen molar-refractivity contribution in [3.05, 3.63) is 29.5 Å². The van der Waals surface area contributed by atoms with Gasteiger partial charge in [0, 0.05) is 12.4 Å². The first-order chi connectivity index (χ1) is 10.9. The van der Waals surface area contributed by atoms with E-state index in [0.29, 0.717) is 6.07 Å². The Morgan fingerprint density at radius 3 is 2.46 bits per heavy atom. The van der Waals surface area contributed by atoms with Gasteiger partial charge in [0.25, 0.3) is 5.91 Å². The highest BCUT2D eigenvalue weighted by molar-refractivity contribution is 7.61. The molecule has 0 aliphatic heterocycles. The lowest BCUT2D eigenvalue weighted by molar-refractivity contribution is -0.136. The van der Waals surface area contributed by atoms with Crippen LogP contribution < -0.4 is 16.4 Å². The molecule has 0 fully saturated rings. The number of hydrogen-bond donors (Lipinski definition) is 5. The Morgan fingerprint density at radius 1 is 1.42 bits per heavy atom. The van der Waals surface area contributed by atoms with Crippen molar-refractivity contribution in [2.24, 2.45) is 12.8 Å². The molecule has 1 radical (unpaired) electrons. The van der Waals surface area contributed by atoms with Crippen molar-refractivity contribution < 1.29 is 32.3 Å². The molecule has 0 saturated heterocycles. The van der Waals surface area contributed by atoms with E-state index in [2.05, 4.69) is 6.07 Å². The largest absolute Gasteiger partial charge is 0.417 e. The number of carbonyl (C=O) groups excluding carboxylic acids is 1. The summed E-state index contributed by atoms with van der Waals surface area (Å²) in [6.07, 6.45) is -4.92. The van der Waals surface area contributed by atoms with Crippen molar-refractivity contribution in [2.75, 3.05) is 0 Å². The number of rotatable bonds is 2. The van der Waals surface area contributed by atoms with Crippen LogP contribution in [0.5, 0.6) is 0 Å². The maximum absolute atomic E-state index is 13.2. The number of benzene rings is 1. The number of nitrogens with two attached hydrogens (primary N) is 1. The van der Waals surface area contributed by atoms with Gasteiger partial charge in [0.15, 0.2) is 5.96 Å². The molecule has 0 bridgehead atoms. The number of fused-ring (bicyclic) bond motifs is 1. The lowest BCUT2D eigenvalue weighted by Gasteiger charge is -2.11. The summed E-state index contributed by atoms with van der Waals surface area (Å²) in [5, 5.41) is 6.92. The maximum atomic E-state index is 13.2. The lowest BCUT2D eigenvalue weighted by atomic mass is 10.1. The smallest absolute Gasteiger partial charge is 0.370 e. The van der Waals surface area contributed by atoms with Crippen LogP contribution in [0.4, 0.5) is 13.2 Å². The Morgan fingerprint density at radius 2 is 2.00 bits per heavy atom. The molecule has 0 unspecified atom stereocenters. The Hall–Kier alpha value is -2.36. The molecule has 0 aliphatic rings. The van der Waals surface area contributed by atoms with Gasteiger partial charge in [0.1, 0.15) is 11.0 Å². The third-order valence-corrected chi connectivity index (χ3v) is 4.21. The Balaban J connectivity index is 3.00. The fourth-order valence-corrected chi connectivity index (χ4v) is 3.40. The molecule has 2 aromatic rings. The summed E-state index contributed by atoms with van der Waals surface area (Å²) in [4.78, 5) is 31.1. The standard InChI is InChI=1S/C12H11F3N4O4P/c1-19-6-4-2-3-5(12(13,14)15)7(6)9(24(21,22)23)8(19)10(20)18-11(16)17/h3-4H,1H3,(H2,21,22,23)(H4,16,17,18,20). The summed E-state index contributed by atoms with van der Waals surface area (Å²) in [6, 6.07) is 3.83. The summed E-state index contributed by atoms with van der Waals surface area (Å²) in [5.74, 6) is -2.04. The van der Waals surface area contributed by atoms with E-state index in [9.17, 15) is 32.3 Å². The highest BCUT2D eigenvalue weighted by Crippen LogP contribution is 2.43. The topological polar surface area (TPSA) is 141 Å². The minimum Gasteiger partial charge on any atom is -0.370 e.